The largest absolute Gasteiger partial charge is 0.396 e. The van der Waals surface area contributed by atoms with Gasteiger partial charge in [-0.3, -0.25) is 0 Å². The molecular formula is C14H25NO. The van der Waals surface area contributed by atoms with Crippen LogP contribution in [0, 0.1) is 17.8 Å². The fourth-order valence-corrected chi connectivity index (χ4v) is 3.42. The molecule has 0 aromatic carbocycles. The molecule has 2 N–H and O–H groups in total. The van der Waals surface area contributed by atoms with Gasteiger partial charge < -0.3 is 10.4 Å². The van der Waals surface area contributed by atoms with Crippen molar-refractivity contribution in [2.75, 3.05) is 6.61 Å². The molecule has 0 amide bonds. The van der Waals surface area contributed by atoms with Crippen LogP contribution in [0.5, 0.6) is 0 Å². The lowest BCUT2D eigenvalue weighted by atomic mass is 9.80. The van der Waals surface area contributed by atoms with Crippen LogP contribution in [0.3, 0.4) is 0 Å². The zero-order valence-corrected chi connectivity index (χ0v) is 10.5. The molecule has 2 nitrogen and oxygen atoms in total. The van der Waals surface area contributed by atoms with Gasteiger partial charge in [0.1, 0.15) is 0 Å². The van der Waals surface area contributed by atoms with Crippen molar-refractivity contribution < 1.29 is 5.11 Å². The molecule has 0 aromatic heterocycles. The minimum absolute atomic E-state index is 0.298. The summed E-state index contributed by atoms with van der Waals surface area (Å²) in [6.07, 6.45) is 9.50. The van der Waals surface area contributed by atoms with E-state index in [1.807, 2.05) is 0 Å². The first kappa shape index (κ1) is 12.1. The Morgan fingerprint density at radius 1 is 1.06 bits per heavy atom. The molecule has 0 aromatic rings. The van der Waals surface area contributed by atoms with Gasteiger partial charge in [-0.25, -0.2) is 0 Å². The fraction of sp³-hybridized carbons (Fsp3) is 0.857. The summed E-state index contributed by atoms with van der Waals surface area (Å²) in [7, 11) is 0. The quantitative estimate of drug-likeness (QED) is 0.720. The van der Waals surface area contributed by atoms with E-state index < -0.39 is 0 Å². The van der Waals surface area contributed by atoms with E-state index in [1.165, 1.54) is 19.3 Å². The third kappa shape index (κ3) is 3.08. The second-order valence-corrected chi connectivity index (χ2v) is 5.95. The third-order valence-corrected chi connectivity index (χ3v) is 4.04. The average Bonchev–Trinajstić information content (AvgIpc) is 2.64. The van der Waals surface area contributed by atoms with Crippen LogP contribution in [0.15, 0.2) is 12.2 Å². The molecule has 2 unspecified atom stereocenters. The molecule has 0 bridgehead atoms. The molecule has 0 saturated heterocycles. The topological polar surface area (TPSA) is 32.3 Å². The van der Waals surface area contributed by atoms with Crippen LogP contribution >= 0.6 is 0 Å². The van der Waals surface area contributed by atoms with Crippen molar-refractivity contribution in [2.24, 2.45) is 17.8 Å². The van der Waals surface area contributed by atoms with E-state index >= 15 is 0 Å². The molecule has 16 heavy (non-hydrogen) atoms. The molecule has 2 heteroatoms. The summed E-state index contributed by atoms with van der Waals surface area (Å²) in [5.41, 5.74) is 0. The summed E-state index contributed by atoms with van der Waals surface area (Å²) in [4.78, 5) is 0. The molecule has 0 aliphatic heterocycles. The van der Waals surface area contributed by atoms with E-state index in [0.717, 1.165) is 18.3 Å². The van der Waals surface area contributed by atoms with Crippen molar-refractivity contribution in [3.63, 3.8) is 0 Å². The molecule has 92 valence electrons. The summed E-state index contributed by atoms with van der Waals surface area (Å²) in [5.74, 6) is 2.11. The van der Waals surface area contributed by atoms with Gasteiger partial charge in [0.15, 0.2) is 0 Å². The highest BCUT2D eigenvalue weighted by Gasteiger charge is 2.27. The zero-order valence-electron chi connectivity index (χ0n) is 10.5. The van der Waals surface area contributed by atoms with Crippen molar-refractivity contribution in [1.82, 2.24) is 5.32 Å². The first-order valence-electron chi connectivity index (χ1n) is 6.72. The predicted octanol–water partition coefficient (Wildman–Crippen LogP) is 2.34. The molecule has 1 saturated carbocycles. The zero-order chi connectivity index (χ0) is 11.5. The second-order valence-electron chi connectivity index (χ2n) is 5.95. The average molecular weight is 223 g/mol. The Morgan fingerprint density at radius 3 is 2.31 bits per heavy atom. The minimum Gasteiger partial charge on any atom is -0.396 e. The Morgan fingerprint density at radius 2 is 1.75 bits per heavy atom. The Kier molecular flexibility index (Phi) is 4.04. The molecule has 2 aliphatic rings. The van der Waals surface area contributed by atoms with Gasteiger partial charge in [-0.15, -0.1) is 0 Å². The lowest BCUT2D eigenvalue weighted by molar-refractivity contribution is 0.218. The Bertz CT molecular complexity index is 241. The van der Waals surface area contributed by atoms with Crippen molar-refractivity contribution in [3.05, 3.63) is 12.2 Å². The second kappa shape index (κ2) is 5.33. The Balaban J connectivity index is 1.79. The van der Waals surface area contributed by atoms with E-state index in [-0.39, 0.29) is 0 Å². The Labute approximate surface area is 99.1 Å². The fourth-order valence-electron chi connectivity index (χ4n) is 3.42. The maximum absolute atomic E-state index is 9.09. The molecule has 0 spiro atoms. The van der Waals surface area contributed by atoms with Gasteiger partial charge in [-0.2, -0.15) is 0 Å². The molecule has 4 atom stereocenters. The van der Waals surface area contributed by atoms with Crippen LogP contribution in [0.1, 0.15) is 39.5 Å². The van der Waals surface area contributed by atoms with Crippen LogP contribution in [-0.2, 0) is 0 Å². The van der Waals surface area contributed by atoms with Crippen LogP contribution in [0.2, 0.25) is 0 Å². The summed E-state index contributed by atoms with van der Waals surface area (Å²) < 4.78 is 0. The number of aliphatic hydroxyl groups is 1. The first-order chi connectivity index (χ1) is 7.67. The van der Waals surface area contributed by atoms with Gasteiger partial charge in [0.2, 0.25) is 0 Å². The molecular weight excluding hydrogens is 198 g/mol. The summed E-state index contributed by atoms with van der Waals surface area (Å²) >= 11 is 0. The van der Waals surface area contributed by atoms with Crippen molar-refractivity contribution in [3.8, 4) is 0 Å². The maximum Gasteiger partial charge on any atom is 0.0494 e. The highest BCUT2D eigenvalue weighted by atomic mass is 16.3. The standard InChI is InChI=1S/C14H25NO/c1-10-5-11(2)7-14(6-10)15-13-4-3-12(8-13)9-16/h3-4,10-16H,5-9H2,1-2H3/t10?,11?,12-,13+,14?/m0/s1. The SMILES string of the molecule is CC1CC(C)CC(N[C@@H]2C=C[C@H](CO)C2)C1. The Hall–Kier alpha value is -0.340. The highest BCUT2D eigenvalue weighted by Crippen LogP contribution is 2.29. The third-order valence-electron chi connectivity index (χ3n) is 4.04. The van der Waals surface area contributed by atoms with Crippen LogP contribution in [0.25, 0.3) is 0 Å². The van der Waals surface area contributed by atoms with Crippen molar-refractivity contribution in [2.45, 2.75) is 51.6 Å². The van der Waals surface area contributed by atoms with Crippen molar-refractivity contribution in [1.29, 1.82) is 0 Å². The number of hydrogen-bond donors (Lipinski definition) is 2. The number of hydrogen-bond acceptors (Lipinski definition) is 2. The normalized spacial score (nSPS) is 43.8. The van der Waals surface area contributed by atoms with Gasteiger partial charge in [0.05, 0.1) is 0 Å². The predicted molar refractivity (Wildman–Crippen MR) is 67.2 cm³/mol. The van der Waals surface area contributed by atoms with E-state index in [2.05, 4.69) is 31.3 Å². The molecule has 2 aliphatic carbocycles. The number of nitrogens with one attached hydrogen (secondary N) is 1. The van der Waals surface area contributed by atoms with E-state index in [0.29, 0.717) is 24.6 Å². The van der Waals surface area contributed by atoms with E-state index in [4.69, 9.17) is 5.11 Å². The van der Waals surface area contributed by atoms with Crippen molar-refractivity contribution >= 4 is 0 Å². The van der Waals surface area contributed by atoms with Crippen LogP contribution in [-0.4, -0.2) is 23.8 Å². The van der Waals surface area contributed by atoms with E-state index in [1.54, 1.807) is 0 Å². The molecule has 2 rings (SSSR count). The molecule has 1 fully saturated rings. The van der Waals surface area contributed by atoms with Gasteiger partial charge in [0, 0.05) is 24.6 Å². The van der Waals surface area contributed by atoms with Gasteiger partial charge in [0.25, 0.3) is 0 Å². The number of aliphatic hydroxyl groups excluding tert-OH is 1. The van der Waals surface area contributed by atoms with Gasteiger partial charge in [-0.05, 0) is 37.5 Å². The van der Waals surface area contributed by atoms with Gasteiger partial charge in [-0.1, -0.05) is 26.0 Å². The monoisotopic (exact) mass is 223 g/mol. The van der Waals surface area contributed by atoms with Crippen LogP contribution < -0.4 is 5.32 Å². The van der Waals surface area contributed by atoms with E-state index in [9.17, 15) is 0 Å². The smallest absolute Gasteiger partial charge is 0.0494 e. The first-order valence-corrected chi connectivity index (χ1v) is 6.72. The highest BCUT2D eigenvalue weighted by molar-refractivity contribution is 5.06. The lowest BCUT2D eigenvalue weighted by Crippen LogP contribution is -2.41. The lowest BCUT2D eigenvalue weighted by Gasteiger charge is -2.33. The number of rotatable bonds is 3. The minimum atomic E-state index is 0.298. The molecule has 0 radical (unpaired) electrons. The molecule has 0 heterocycles. The summed E-state index contributed by atoms with van der Waals surface area (Å²) in [6.45, 7) is 5.03. The summed E-state index contributed by atoms with van der Waals surface area (Å²) in [6, 6.07) is 1.19. The summed E-state index contributed by atoms with van der Waals surface area (Å²) in [5, 5.41) is 12.8. The van der Waals surface area contributed by atoms with Crippen LogP contribution in [0.4, 0.5) is 0 Å². The maximum atomic E-state index is 9.09. The van der Waals surface area contributed by atoms with Gasteiger partial charge >= 0.3 is 0 Å².